The predicted octanol–water partition coefficient (Wildman–Crippen LogP) is 4.46. The second-order valence-corrected chi connectivity index (χ2v) is 8.68. The molecule has 0 aliphatic heterocycles. The Labute approximate surface area is 160 Å². The first-order valence-corrected chi connectivity index (χ1v) is 8.90. The molecule has 3 N–H and O–H groups in total. The highest BCUT2D eigenvalue weighted by Gasteiger charge is 2.26. The number of hydrogen-bond acceptors (Lipinski definition) is 4. The molecule has 0 saturated heterocycles. The highest BCUT2D eigenvalue weighted by Crippen LogP contribution is 2.39. The van der Waals surface area contributed by atoms with Crippen LogP contribution in [0.2, 0.25) is 0 Å². The number of benzene rings is 2. The lowest BCUT2D eigenvalue weighted by Gasteiger charge is -2.27. The maximum Gasteiger partial charge on any atom is 0.275 e. The standard InChI is InChI=1S/C22H28N2O3/c1-21(2,3)16-11-14(12-17(19(16)26)22(4,5)6)13-23-24-20(27)15-9-7-8-10-18(15)25/h7-13,25-26H,1-6H3,(H,24,27)/b23-13+. The molecule has 144 valence electrons. The van der Waals surface area contributed by atoms with Gasteiger partial charge < -0.3 is 10.2 Å². The Hall–Kier alpha value is -2.82. The van der Waals surface area contributed by atoms with Gasteiger partial charge in [0, 0.05) is 11.1 Å². The molecule has 0 heterocycles. The Bertz CT molecular complexity index is 837. The molecule has 0 aliphatic carbocycles. The summed E-state index contributed by atoms with van der Waals surface area (Å²) in [6.45, 7) is 12.2. The van der Waals surface area contributed by atoms with E-state index in [2.05, 4.69) is 10.5 Å². The molecule has 0 spiro atoms. The summed E-state index contributed by atoms with van der Waals surface area (Å²) in [6.07, 6.45) is 1.54. The number of nitrogens with zero attached hydrogens (tertiary/aromatic N) is 1. The molecule has 2 aromatic carbocycles. The van der Waals surface area contributed by atoms with E-state index in [1.165, 1.54) is 12.1 Å². The van der Waals surface area contributed by atoms with Gasteiger partial charge in [0.05, 0.1) is 11.8 Å². The quantitative estimate of drug-likeness (QED) is 0.553. The zero-order chi connectivity index (χ0) is 20.4. The van der Waals surface area contributed by atoms with E-state index in [1.807, 2.05) is 53.7 Å². The van der Waals surface area contributed by atoms with Gasteiger partial charge in [-0.05, 0) is 40.7 Å². The lowest BCUT2D eigenvalue weighted by molar-refractivity contribution is 0.0952. The van der Waals surface area contributed by atoms with Gasteiger partial charge in [-0.15, -0.1) is 0 Å². The average molecular weight is 368 g/mol. The number of phenolic OH excluding ortho intramolecular Hbond substituents is 2. The van der Waals surface area contributed by atoms with Gasteiger partial charge in [-0.3, -0.25) is 4.79 Å². The largest absolute Gasteiger partial charge is 0.507 e. The number of phenols is 2. The summed E-state index contributed by atoms with van der Waals surface area (Å²) in [5.41, 5.74) is 4.52. The summed E-state index contributed by atoms with van der Waals surface area (Å²) in [6, 6.07) is 10.0. The minimum Gasteiger partial charge on any atom is -0.507 e. The van der Waals surface area contributed by atoms with E-state index < -0.39 is 5.91 Å². The van der Waals surface area contributed by atoms with E-state index in [9.17, 15) is 15.0 Å². The van der Waals surface area contributed by atoms with Crippen LogP contribution in [-0.2, 0) is 10.8 Å². The molecule has 2 aromatic rings. The molecule has 0 saturated carbocycles. The first-order chi connectivity index (χ1) is 12.4. The number of nitrogens with one attached hydrogen (secondary N) is 1. The van der Waals surface area contributed by atoms with Gasteiger partial charge in [-0.2, -0.15) is 5.10 Å². The number of rotatable bonds is 3. The van der Waals surface area contributed by atoms with Crippen molar-refractivity contribution in [2.24, 2.45) is 5.10 Å². The van der Waals surface area contributed by atoms with Crippen molar-refractivity contribution >= 4 is 12.1 Å². The lowest BCUT2D eigenvalue weighted by Crippen LogP contribution is -2.19. The molecule has 0 unspecified atom stereocenters. The van der Waals surface area contributed by atoms with Crippen LogP contribution in [0.1, 0.15) is 68.6 Å². The monoisotopic (exact) mass is 368 g/mol. The van der Waals surface area contributed by atoms with Crippen LogP contribution in [0, 0.1) is 0 Å². The molecule has 5 nitrogen and oxygen atoms in total. The van der Waals surface area contributed by atoms with Gasteiger partial charge >= 0.3 is 0 Å². The maximum absolute atomic E-state index is 12.1. The third kappa shape index (κ3) is 4.88. The van der Waals surface area contributed by atoms with Gasteiger partial charge in [-0.25, -0.2) is 5.43 Å². The number of carbonyl (C=O) groups is 1. The van der Waals surface area contributed by atoms with Crippen LogP contribution in [0.5, 0.6) is 11.5 Å². The molecule has 27 heavy (non-hydrogen) atoms. The van der Waals surface area contributed by atoms with Crippen molar-refractivity contribution in [1.82, 2.24) is 5.43 Å². The van der Waals surface area contributed by atoms with Crippen molar-refractivity contribution < 1.29 is 15.0 Å². The van der Waals surface area contributed by atoms with Gasteiger partial charge in [0.15, 0.2) is 0 Å². The highest BCUT2D eigenvalue weighted by atomic mass is 16.3. The topological polar surface area (TPSA) is 81.9 Å². The van der Waals surface area contributed by atoms with E-state index >= 15 is 0 Å². The van der Waals surface area contributed by atoms with E-state index in [-0.39, 0.29) is 22.1 Å². The average Bonchev–Trinajstić information content (AvgIpc) is 2.54. The molecular formula is C22H28N2O3. The Morgan fingerprint density at radius 3 is 1.96 bits per heavy atom. The molecule has 2 rings (SSSR count). The summed E-state index contributed by atoms with van der Waals surface area (Å²) in [5.74, 6) is -0.291. The smallest absolute Gasteiger partial charge is 0.275 e. The second kappa shape index (κ2) is 7.43. The van der Waals surface area contributed by atoms with Crippen molar-refractivity contribution in [2.75, 3.05) is 0 Å². The SMILES string of the molecule is CC(C)(C)c1cc(/C=N/NC(=O)c2ccccc2O)cc(C(C)(C)C)c1O. The minimum absolute atomic E-state index is 0.0973. The zero-order valence-electron chi connectivity index (χ0n) is 16.8. The fourth-order valence-electron chi connectivity index (χ4n) is 2.77. The highest BCUT2D eigenvalue weighted by molar-refractivity contribution is 5.97. The van der Waals surface area contributed by atoms with Crippen LogP contribution < -0.4 is 5.43 Å². The van der Waals surface area contributed by atoms with E-state index in [0.717, 1.165) is 16.7 Å². The third-order valence-corrected chi connectivity index (χ3v) is 4.28. The number of hydrazone groups is 1. The van der Waals surface area contributed by atoms with Crippen molar-refractivity contribution in [3.63, 3.8) is 0 Å². The van der Waals surface area contributed by atoms with Crippen molar-refractivity contribution in [3.8, 4) is 11.5 Å². The molecule has 0 aliphatic rings. The fraction of sp³-hybridized carbons (Fsp3) is 0.364. The number of aromatic hydroxyl groups is 2. The van der Waals surface area contributed by atoms with Crippen molar-refractivity contribution in [2.45, 2.75) is 52.4 Å². The maximum atomic E-state index is 12.1. The molecule has 0 fully saturated rings. The van der Waals surface area contributed by atoms with Gasteiger partial charge in [0.25, 0.3) is 5.91 Å². The summed E-state index contributed by atoms with van der Waals surface area (Å²) in [5, 5.41) is 24.5. The van der Waals surface area contributed by atoms with Crippen LogP contribution in [0.3, 0.4) is 0 Å². The number of amides is 1. The Kier molecular flexibility index (Phi) is 5.64. The van der Waals surface area contributed by atoms with E-state index in [0.29, 0.717) is 5.75 Å². The zero-order valence-corrected chi connectivity index (χ0v) is 16.8. The predicted molar refractivity (Wildman–Crippen MR) is 109 cm³/mol. The summed E-state index contributed by atoms with van der Waals surface area (Å²) < 4.78 is 0. The first kappa shape index (κ1) is 20.5. The van der Waals surface area contributed by atoms with Crippen LogP contribution in [-0.4, -0.2) is 22.3 Å². The molecular weight excluding hydrogens is 340 g/mol. The molecule has 0 bridgehead atoms. The third-order valence-electron chi connectivity index (χ3n) is 4.28. The number of carbonyl (C=O) groups excluding carboxylic acids is 1. The normalized spacial score (nSPS) is 12.4. The fourth-order valence-corrected chi connectivity index (χ4v) is 2.77. The summed E-state index contributed by atoms with van der Waals surface area (Å²) >= 11 is 0. The van der Waals surface area contributed by atoms with Gasteiger partial charge in [0.2, 0.25) is 0 Å². The van der Waals surface area contributed by atoms with Crippen LogP contribution in [0.25, 0.3) is 0 Å². The summed E-state index contributed by atoms with van der Waals surface area (Å²) in [4.78, 5) is 12.1. The molecule has 0 radical (unpaired) electrons. The van der Waals surface area contributed by atoms with E-state index in [1.54, 1.807) is 18.3 Å². The lowest BCUT2D eigenvalue weighted by atomic mass is 9.78. The first-order valence-electron chi connectivity index (χ1n) is 8.90. The Morgan fingerprint density at radius 1 is 0.963 bits per heavy atom. The van der Waals surface area contributed by atoms with Crippen molar-refractivity contribution in [1.29, 1.82) is 0 Å². The molecule has 0 aromatic heterocycles. The Balaban J connectivity index is 2.34. The van der Waals surface area contributed by atoms with E-state index in [4.69, 9.17) is 0 Å². The minimum atomic E-state index is -0.491. The molecule has 1 amide bonds. The summed E-state index contributed by atoms with van der Waals surface area (Å²) in [7, 11) is 0. The molecule has 0 atom stereocenters. The van der Waals surface area contributed by atoms with Crippen LogP contribution in [0.4, 0.5) is 0 Å². The van der Waals surface area contributed by atoms with Gasteiger partial charge in [-0.1, -0.05) is 53.7 Å². The van der Waals surface area contributed by atoms with Crippen LogP contribution >= 0.6 is 0 Å². The molecule has 5 heteroatoms. The number of hydrogen-bond donors (Lipinski definition) is 3. The second-order valence-electron chi connectivity index (χ2n) is 8.68. The number of para-hydroxylation sites is 1. The van der Waals surface area contributed by atoms with Crippen molar-refractivity contribution in [3.05, 3.63) is 58.7 Å². The Morgan fingerprint density at radius 2 is 1.48 bits per heavy atom. The van der Waals surface area contributed by atoms with Crippen LogP contribution in [0.15, 0.2) is 41.5 Å². The van der Waals surface area contributed by atoms with Gasteiger partial charge in [0.1, 0.15) is 11.5 Å².